The predicted octanol–water partition coefficient (Wildman–Crippen LogP) is 1.54. The van der Waals surface area contributed by atoms with Gasteiger partial charge in [-0.25, -0.2) is 9.59 Å². The monoisotopic (exact) mass is 279 g/mol. The minimum absolute atomic E-state index is 0.158. The fraction of sp³-hybridized carbons (Fsp3) is 0.429. The predicted molar refractivity (Wildman–Crippen MR) is 69.7 cm³/mol. The van der Waals surface area contributed by atoms with E-state index in [1.807, 2.05) is 30.3 Å². The summed E-state index contributed by atoms with van der Waals surface area (Å²) in [6.45, 7) is 2.71. The summed E-state index contributed by atoms with van der Waals surface area (Å²) < 4.78 is 15.2. The van der Waals surface area contributed by atoms with E-state index in [0.717, 1.165) is 5.56 Å². The molecule has 1 heterocycles. The van der Waals surface area contributed by atoms with Crippen molar-refractivity contribution in [2.75, 3.05) is 19.8 Å². The molecule has 0 bridgehead atoms. The van der Waals surface area contributed by atoms with Gasteiger partial charge < -0.3 is 14.2 Å². The van der Waals surface area contributed by atoms with Crippen LogP contribution in [0.4, 0.5) is 4.79 Å². The highest BCUT2D eigenvalue weighted by Gasteiger charge is 2.37. The average Bonchev–Trinajstić information content (AvgIpc) is 2.96. The first kappa shape index (κ1) is 14.3. The molecule has 1 aliphatic heterocycles. The highest BCUT2D eigenvalue weighted by Crippen LogP contribution is 2.14. The fourth-order valence-electron chi connectivity index (χ4n) is 1.87. The zero-order valence-corrected chi connectivity index (χ0v) is 11.3. The Bertz CT molecular complexity index is 462. The summed E-state index contributed by atoms with van der Waals surface area (Å²) in [5.74, 6) is -0.568. The number of rotatable bonds is 4. The van der Waals surface area contributed by atoms with Crippen LogP contribution in [0.5, 0.6) is 0 Å². The molecule has 2 rings (SSSR count). The number of benzene rings is 1. The maximum Gasteiger partial charge on any atom is 0.412 e. The molecule has 1 aromatic rings. The number of amides is 1. The smallest absolute Gasteiger partial charge is 0.412 e. The molecule has 108 valence electrons. The summed E-state index contributed by atoms with van der Waals surface area (Å²) in [7, 11) is 0. The number of carbonyl (C=O) groups excluding carboxylic acids is 2. The maximum absolute atomic E-state index is 12.0. The first-order valence-electron chi connectivity index (χ1n) is 6.48. The molecule has 0 spiro atoms. The van der Waals surface area contributed by atoms with E-state index in [-0.39, 0.29) is 13.2 Å². The molecular weight excluding hydrogens is 262 g/mol. The molecule has 1 fully saturated rings. The molecule has 1 saturated heterocycles. The molecule has 6 nitrogen and oxygen atoms in total. The van der Waals surface area contributed by atoms with Crippen molar-refractivity contribution in [3.05, 3.63) is 35.9 Å². The van der Waals surface area contributed by atoms with Gasteiger partial charge in [-0.1, -0.05) is 30.3 Å². The van der Waals surface area contributed by atoms with Crippen molar-refractivity contribution in [2.24, 2.45) is 0 Å². The molecule has 20 heavy (non-hydrogen) atoms. The average molecular weight is 279 g/mol. The van der Waals surface area contributed by atoms with Crippen LogP contribution >= 0.6 is 0 Å². The molecule has 0 N–H and O–H groups in total. The Morgan fingerprint density at radius 3 is 2.75 bits per heavy atom. The van der Waals surface area contributed by atoms with Crippen molar-refractivity contribution in [3.8, 4) is 0 Å². The van der Waals surface area contributed by atoms with Crippen molar-refractivity contribution in [1.29, 1.82) is 0 Å². The van der Waals surface area contributed by atoms with Crippen molar-refractivity contribution in [3.63, 3.8) is 0 Å². The zero-order chi connectivity index (χ0) is 14.4. The van der Waals surface area contributed by atoms with Crippen LogP contribution in [0.15, 0.2) is 30.3 Å². The maximum atomic E-state index is 12.0. The highest BCUT2D eigenvalue weighted by atomic mass is 16.6. The molecule has 1 amide bonds. The molecule has 6 heteroatoms. The van der Waals surface area contributed by atoms with Gasteiger partial charge in [0.25, 0.3) is 0 Å². The lowest BCUT2D eigenvalue weighted by Gasteiger charge is -2.20. The number of esters is 1. The third kappa shape index (κ3) is 3.48. The lowest BCUT2D eigenvalue weighted by molar-refractivity contribution is -0.160. The molecular formula is C14H17NO5. The van der Waals surface area contributed by atoms with Gasteiger partial charge in [0.05, 0.1) is 19.8 Å². The van der Waals surface area contributed by atoms with E-state index in [4.69, 9.17) is 14.2 Å². The van der Waals surface area contributed by atoms with Crippen LogP contribution in [0, 0.1) is 0 Å². The summed E-state index contributed by atoms with van der Waals surface area (Å²) >= 11 is 0. The molecule has 0 saturated carbocycles. The Hall–Kier alpha value is -2.08. The fourth-order valence-corrected chi connectivity index (χ4v) is 1.87. The Labute approximate surface area is 117 Å². The molecule has 1 unspecified atom stereocenters. The second-order valence-electron chi connectivity index (χ2n) is 4.21. The largest absolute Gasteiger partial charge is 0.463 e. The van der Waals surface area contributed by atoms with E-state index < -0.39 is 18.3 Å². The summed E-state index contributed by atoms with van der Waals surface area (Å²) in [6.07, 6.45) is -1.58. The molecule has 1 aromatic carbocycles. The minimum atomic E-state index is -1.00. The van der Waals surface area contributed by atoms with Crippen LogP contribution in [0.2, 0.25) is 0 Å². The van der Waals surface area contributed by atoms with E-state index in [1.165, 1.54) is 4.90 Å². The van der Waals surface area contributed by atoms with Crippen LogP contribution < -0.4 is 0 Å². The van der Waals surface area contributed by atoms with Gasteiger partial charge in [0, 0.05) is 0 Å². The third-order valence-corrected chi connectivity index (χ3v) is 2.82. The zero-order valence-electron chi connectivity index (χ0n) is 11.3. The van der Waals surface area contributed by atoms with E-state index in [2.05, 4.69) is 0 Å². The van der Waals surface area contributed by atoms with Gasteiger partial charge in [0.2, 0.25) is 6.23 Å². The normalized spacial score (nSPS) is 17.9. The van der Waals surface area contributed by atoms with E-state index in [1.54, 1.807) is 6.92 Å². The number of nitrogens with zero attached hydrogens (tertiary/aromatic N) is 1. The third-order valence-electron chi connectivity index (χ3n) is 2.82. The van der Waals surface area contributed by atoms with Crippen LogP contribution in [0.3, 0.4) is 0 Å². The van der Waals surface area contributed by atoms with E-state index in [0.29, 0.717) is 13.2 Å². The second kappa shape index (κ2) is 6.91. The van der Waals surface area contributed by atoms with E-state index in [9.17, 15) is 9.59 Å². The first-order chi connectivity index (χ1) is 9.72. The molecule has 0 radical (unpaired) electrons. The number of carbonyl (C=O) groups is 2. The number of hydrogen-bond acceptors (Lipinski definition) is 5. The van der Waals surface area contributed by atoms with Crippen molar-refractivity contribution < 1.29 is 23.8 Å². The topological polar surface area (TPSA) is 65.1 Å². The Kier molecular flexibility index (Phi) is 4.95. The van der Waals surface area contributed by atoms with Crippen molar-refractivity contribution in [1.82, 2.24) is 4.90 Å². The Balaban J connectivity index is 1.89. The second-order valence-corrected chi connectivity index (χ2v) is 4.21. The molecule has 0 aromatic heterocycles. The minimum Gasteiger partial charge on any atom is -0.463 e. The van der Waals surface area contributed by atoms with Gasteiger partial charge in [-0.05, 0) is 12.5 Å². The summed E-state index contributed by atoms with van der Waals surface area (Å²) in [6, 6.07) is 9.33. The molecule has 1 atom stereocenters. The first-order valence-corrected chi connectivity index (χ1v) is 6.48. The van der Waals surface area contributed by atoms with Gasteiger partial charge in [0.15, 0.2) is 0 Å². The quantitative estimate of drug-likeness (QED) is 0.782. The Morgan fingerprint density at radius 1 is 1.30 bits per heavy atom. The standard InChI is InChI=1S/C14H17NO5/c1-2-18-13(16)12-15(8-9-19-12)14(17)20-10-11-6-4-3-5-7-11/h3-7,12H,2,8-10H2,1H3. The number of ether oxygens (including phenoxy) is 3. The number of hydrogen-bond donors (Lipinski definition) is 0. The van der Waals surface area contributed by atoms with Crippen LogP contribution in [0.1, 0.15) is 12.5 Å². The van der Waals surface area contributed by atoms with Gasteiger partial charge in [-0.2, -0.15) is 0 Å². The van der Waals surface area contributed by atoms with Gasteiger partial charge in [-0.15, -0.1) is 0 Å². The van der Waals surface area contributed by atoms with Crippen LogP contribution in [0.25, 0.3) is 0 Å². The van der Waals surface area contributed by atoms with Gasteiger partial charge in [0.1, 0.15) is 6.61 Å². The molecule has 0 aliphatic carbocycles. The highest BCUT2D eigenvalue weighted by molar-refractivity contribution is 5.80. The summed E-state index contributed by atoms with van der Waals surface area (Å²) in [4.78, 5) is 24.8. The summed E-state index contributed by atoms with van der Waals surface area (Å²) in [5.41, 5.74) is 0.883. The van der Waals surface area contributed by atoms with Gasteiger partial charge in [-0.3, -0.25) is 4.90 Å². The summed E-state index contributed by atoms with van der Waals surface area (Å²) in [5, 5.41) is 0. The van der Waals surface area contributed by atoms with Gasteiger partial charge >= 0.3 is 12.1 Å². The van der Waals surface area contributed by atoms with Crippen molar-refractivity contribution in [2.45, 2.75) is 19.8 Å². The SMILES string of the molecule is CCOC(=O)C1OCCN1C(=O)OCc1ccccc1. The van der Waals surface area contributed by atoms with Crippen LogP contribution in [-0.2, 0) is 25.6 Å². The Morgan fingerprint density at radius 2 is 2.05 bits per heavy atom. The van der Waals surface area contributed by atoms with Crippen molar-refractivity contribution >= 4 is 12.1 Å². The lowest BCUT2D eigenvalue weighted by Crippen LogP contribution is -2.42. The lowest BCUT2D eigenvalue weighted by atomic mass is 10.2. The van der Waals surface area contributed by atoms with Crippen LogP contribution in [-0.4, -0.2) is 42.9 Å². The van der Waals surface area contributed by atoms with E-state index >= 15 is 0 Å². The molecule has 1 aliphatic rings.